The van der Waals surface area contributed by atoms with Gasteiger partial charge in [0.15, 0.2) is 0 Å². The van der Waals surface area contributed by atoms with Gasteiger partial charge in [0, 0.05) is 13.1 Å². The molecule has 0 saturated carbocycles. The number of hydrogen-bond acceptors (Lipinski definition) is 5. The number of carbonyl (C=O) groups is 1. The van der Waals surface area contributed by atoms with Gasteiger partial charge in [-0.2, -0.15) is 10.1 Å². The van der Waals surface area contributed by atoms with E-state index in [1.807, 2.05) is 0 Å². The Kier molecular flexibility index (Phi) is 2.69. The number of aryl methyl sites for hydroxylation is 2. The van der Waals surface area contributed by atoms with Gasteiger partial charge in [0.1, 0.15) is 11.5 Å². The van der Waals surface area contributed by atoms with E-state index in [1.165, 1.54) is 19.2 Å². The number of nitrogens with zero attached hydrogens (tertiary/aromatic N) is 4. The molecule has 1 amide bonds. The number of H-pyrrole nitrogens is 1. The van der Waals surface area contributed by atoms with Crippen molar-refractivity contribution in [2.75, 3.05) is 5.32 Å². The van der Waals surface area contributed by atoms with Crippen molar-refractivity contribution >= 4 is 11.9 Å². The number of anilines is 1. The van der Waals surface area contributed by atoms with Crippen LogP contribution in [0, 0.1) is 6.92 Å². The molecule has 2 aromatic rings. The molecule has 0 bridgehead atoms. The Balaban J connectivity index is 2.20. The van der Waals surface area contributed by atoms with E-state index in [0.29, 0.717) is 5.82 Å². The standard InChI is InChI=1S/C9H10N6O2/c1-5-10-9(13-12-5)11-8(17)6-3-4-7(16)15(2)14-6/h3-4H,1-2H3,(H2,10,11,12,13,17). The van der Waals surface area contributed by atoms with Gasteiger partial charge in [0.2, 0.25) is 5.95 Å². The van der Waals surface area contributed by atoms with E-state index in [4.69, 9.17) is 0 Å². The first-order chi connectivity index (χ1) is 8.06. The third-order valence-corrected chi connectivity index (χ3v) is 2.02. The Hall–Kier alpha value is -2.51. The van der Waals surface area contributed by atoms with Gasteiger partial charge in [0.05, 0.1) is 0 Å². The minimum atomic E-state index is -0.473. The van der Waals surface area contributed by atoms with Crippen LogP contribution in [0.4, 0.5) is 5.95 Å². The molecule has 2 rings (SSSR count). The smallest absolute Gasteiger partial charge is 0.278 e. The summed E-state index contributed by atoms with van der Waals surface area (Å²) in [6.07, 6.45) is 0. The summed E-state index contributed by atoms with van der Waals surface area (Å²) in [6.45, 7) is 1.72. The van der Waals surface area contributed by atoms with Crippen molar-refractivity contribution in [3.8, 4) is 0 Å². The van der Waals surface area contributed by atoms with Crippen molar-refractivity contribution in [3.63, 3.8) is 0 Å². The molecule has 17 heavy (non-hydrogen) atoms. The summed E-state index contributed by atoms with van der Waals surface area (Å²) < 4.78 is 1.08. The minimum absolute atomic E-state index is 0.120. The highest BCUT2D eigenvalue weighted by Crippen LogP contribution is 2.00. The molecule has 0 unspecified atom stereocenters. The Morgan fingerprint density at radius 3 is 2.82 bits per heavy atom. The Morgan fingerprint density at radius 2 is 2.24 bits per heavy atom. The van der Waals surface area contributed by atoms with Gasteiger partial charge < -0.3 is 0 Å². The van der Waals surface area contributed by atoms with Crippen molar-refractivity contribution in [2.45, 2.75) is 6.92 Å². The molecule has 8 nitrogen and oxygen atoms in total. The second-order valence-corrected chi connectivity index (χ2v) is 3.38. The second-order valence-electron chi connectivity index (χ2n) is 3.38. The summed E-state index contributed by atoms with van der Waals surface area (Å²) >= 11 is 0. The van der Waals surface area contributed by atoms with Crippen LogP contribution in [0.25, 0.3) is 0 Å². The fourth-order valence-corrected chi connectivity index (χ4v) is 1.19. The number of carbonyl (C=O) groups excluding carboxylic acids is 1. The van der Waals surface area contributed by atoms with Gasteiger partial charge in [-0.05, 0) is 13.0 Å². The topological polar surface area (TPSA) is 106 Å². The first-order valence-corrected chi connectivity index (χ1v) is 4.81. The predicted octanol–water partition coefficient (Wildman–Crippen LogP) is -0.541. The maximum atomic E-state index is 11.7. The minimum Gasteiger partial charge on any atom is -0.288 e. The predicted molar refractivity (Wildman–Crippen MR) is 58.6 cm³/mol. The van der Waals surface area contributed by atoms with Crippen LogP contribution >= 0.6 is 0 Å². The Labute approximate surface area is 95.7 Å². The van der Waals surface area contributed by atoms with E-state index in [0.717, 1.165) is 4.68 Å². The van der Waals surface area contributed by atoms with Crippen molar-refractivity contribution in [2.24, 2.45) is 7.05 Å². The molecule has 0 aromatic carbocycles. The van der Waals surface area contributed by atoms with Crippen molar-refractivity contribution < 1.29 is 4.79 Å². The quantitative estimate of drug-likeness (QED) is 0.725. The van der Waals surface area contributed by atoms with Crippen LogP contribution in [-0.4, -0.2) is 30.9 Å². The molecule has 0 radical (unpaired) electrons. The summed E-state index contributed by atoms with van der Waals surface area (Å²) in [5.74, 6) is 0.288. The second kappa shape index (κ2) is 4.16. The van der Waals surface area contributed by atoms with E-state index in [2.05, 4.69) is 25.6 Å². The van der Waals surface area contributed by atoms with E-state index < -0.39 is 5.91 Å². The summed E-state index contributed by atoms with van der Waals surface area (Å²) in [4.78, 5) is 26.7. The van der Waals surface area contributed by atoms with Crippen LogP contribution in [0.5, 0.6) is 0 Å². The first-order valence-electron chi connectivity index (χ1n) is 4.81. The molecule has 0 atom stereocenters. The van der Waals surface area contributed by atoms with Gasteiger partial charge in [0.25, 0.3) is 11.5 Å². The number of rotatable bonds is 2. The van der Waals surface area contributed by atoms with Crippen molar-refractivity contribution in [1.82, 2.24) is 25.0 Å². The van der Waals surface area contributed by atoms with Gasteiger partial charge >= 0.3 is 0 Å². The monoisotopic (exact) mass is 234 g/mol. The molecule has 88 valence electrons. The van der Waals surface area contributed by atoms with Crippen molar-refractivity contribution in [1.29, 1.82) is 0 Å². The number of nitrogens with one attached hydrogen (secondary N) is 2. The average Bonchev–Trinajstić information content (AvgIpc) is 2.68. The lowest BCUT2D eigenvalue weighted by atomic mass is 10.4. The molecule has 0 aliphatic rings. The van der Waals surface area contributed by atoms with E-state index in [9.17, 15) is 9.59 Å². The fraction of sp³-hybridized carbons (Fsp3) is 0.222. The van der Waals surface area contributed by atoms with Crippen LogP contribution in [0.2, 0.25) is 0 Å². The fourth-order valence-electron chi connectivity index (χ4n) is 1.19. The van der Waals surface area contributed by atoms with Gasteiger partial charge in [-0.15, -0.1) is 5.10 Å². The maximum Gasteiger partial charge on any atom is 0.278 e. The highest BCUT2D eigenvalue weighted by molar-refractivity contribution is 6.01. The number of amides is 1. The SMILES string of the molecule is Cc1nc(NC(=O)c2ccc(=O)n(C)n2)n[nH]1. The van der Waals surface area contributed by atoms with E-state index in [-0.39, 0.29) is 17.2 Å². The number of aromatic nitrogens is 5. The van der Waals surface area contributed by atoms with Gasteiger partial charge in [-0.25, -0.2) is 4.68 Å². The number of aromatic amines is 1. The average molecular weight is 234 g/mol. The maximum absolute atomic E-state index is 11.7. The van der Waals surface area contributed by atoms with Crippen LogP contribution in [0.3, 0.4) is 0 Å². The molecule has 0 spiro atoms. The lowest BCUT2D eigenvalue weighted by molar-refractivity contribution is 0.101. The summed E-state index contributed by atoms with van der Waals surface area (Å²) in [7, 11) is 1.47. The Morgan fingerprint density at radius 1 is 1.47 bits per heavy atom. The molecule has 2 aromatic heterocycles. The lowest BCUT2D eigenvalue weighted by Crippen LogP contribution is -2.23. The summed E-state index contributed by atoms with van der Waals surface area (Å²) in [6, 6.07) is 2.61. The zero-order valence-electron chi connectivity index (χ0n) is 9.26. The van der Waals surface area contributed by atoms with Crippen molar-refractivity contribution in [3.05, 3.63) is 34.0 Å². The molecular formula is C9H10N6O2. The first kappa shape index (κ1) is 11.0. The molecular weight excluding hydrogens is 224 g/mol. The molecule has 0 aliphatic heterocycles. The molecule has 0 aliphatic carbocycles. The van der Waals surface area contributed by atoms with E-state index in [1.54, 1.807) is 6.92 Å². The zero-order chi connectivity index (χ0) is 12.4. The molecule has 2 heterocycles. The third kappa shape index (κ3) is 2.36. The van der Waals surface area contributed by atoms with Crippen LogP contribution in [-0.2, 0) is 7.05 Å². The number of hydrogen-bond donors (Lipinski definition) is 2. The molecule has 0 saturated heterocycles. The Bertz CT molecular complexity index is 614. The van der Waals surface area contributed by atoms with Crippen LogP contribution < -0.4 is 10.9 Å². The highest BCUT2D eigenvalue weighted by atomic mass is 16.2. The zero-order valence-corrected chi connectivity index (χ0v) is 9.26. The van der Waals surface area contributed by atoms with E-state index >= 15 is 0 Å². The van der Waals surface area contributed by atoms with Crippen LogP contribution in [0.1, 0.15) is 16.3 Å². The normalized spacial score (nSPS) is 10.2. The lowest BCUT2D eigenvalue weighted by Gasteiger charge is -2.01. The van der Waals surface area contributed by atoms with Gasteiger partial charge in [-0.3, -0.25) is 20.0 Å². The summed E-state index contributed by atoms with van der Waals surface area (Å²) in [5.41, 5.74) is -0.162. The van der Waals surface area contributed by atoms with Crippen LogP contribution in [0.15, 0.2) is 16.9 Å². The molecule has 8 heteroatoms. The highest BCUT2D eigenvalue weighted by Gasteiger charge is 2.11. The largest absolute Gasteiger partial charge is 0.288 e. The van der Waals surface area contributed by atoms with Gasteiger partial charge in [-0.1, -0.05) is 0 Å². The molecule has 0 fully saturated rings. The molecule has 2 N–H and O–H groups in total. The summed E-state index contributed by atoms with van der Waals surface area (Å²) in [5, 5.41) is 12.6. The third-order valence-electron chi connectivity index (χ3n) is 2.02.